The molecule has 0 saturated carbocycles. The Morgan fingerprint density at radius 1 is 0.830 bits per heavy atom. The van der Waals surface area contributed by atoms with Gasteiger partial charge in [0.05, 0.1) is 24.0 Å². The topological polar surface area (TPSA) is 166 Å². The summed E-state index contributed by atoms with van der Waals surface area (Å²) < 4.78 is 25.8. The molecule has 0 fully saturated rings. The van der Waals surface area contributed by atoms with E-state index in [1.54, 1.807) is 6.92 Å². The quantitative estimate of drug-likeness (QED) is 0.162. The van der Waals surface area contributed by atoms with Crippen LogP contribution in [-0.4, -0.2) is 76.6 Å². The van der Waals surface area contributed by atoms with Crippen LogP contribution in [-0.2, 0) is 19.6 Å². The largest absolute Gasteiger partial charge is 0.355 e. The highest BCUT2D eigenvalue weighted by atomic mass is 32.2. The molecule has 4 atom stereocenters. The molecular formula is C34H52N6O6S. The maximum atomic E-state index is 13.6. The van der Waals surface area contributed by atoms with Gasteiger partial charge in [-0.15, -0.1) is 0 Å². The lowest BCUT2D eigenvalue weighted by Crippen LogP contribution is -2.55. The third-order valence-electron chi connectivity index (χ3n) is 7.85. The molecule has 0 aliphatic carbocycles. The summed E-state index contributed by atoms with van der Waals surface area (Å²) in [6.45, 7) is 11.8. The number of hydrogen-bond acceptors (Lipinski definition) is 7. The van der Waals surface area contributed by atoms with Crippen molar-refractivity contribution in [3.63, 3.8) is 0 Å². The molecule has 0 aliphatic heterocycles. The third kappa shape index (κ3) is 12.3. The third-order valence-corrected chi connectivity index (χ3v) is 9.06. The summed E-state index contributed by atoms with van der Waals surface area (Å²) in [5.74, 6) is -1.65. The zero-order valence-electron chi connectivity index (χ0n) is 28.8. The normalized spacial score (nSPS) is 14.0. The smallest absolute Gasteiger partial charge is 0.251 e. The lowest BCUT2D eigenvalue weighted by atomic mass is 10.0. The first kappa shape index (κ1) is 39.2. The van der Waals surface area contributed by atoms with Gasteiger partial charge < -0.3 is 26.6 Å². The number of rotatable bonds is 18. The van der Waals surface area contributed by atoms with E-state index in [9.17, 15) is 27.6 Å². The van der Waals surface area contributed by atoms with Crippen molar-refractivity contribution in [2.75, 3.05) is 30.7 Å². The van der Waals surface area contributed by atoms with E-state index in [4.69, 9.17) is 0 Å². The van der Waals surface area contributed by atoms with Crippen molar-refractivity contribution in [3.8, 4) is 0 Å². The van der Waals surface area contributed by atoms with Crippen LogP contribution in [0, 0.1) is 5.92 Å². The van der Waals surface area contributed by atoms with Crippen molar-refractivity contribution >= 4 is 39.3 Å². The number of anilines is 1. The van der Waals surface area contributed by atoms with Crippen molar-refractivity contribution in [2.45, 2.75) is 85.0 Å². The van der Waals surface area contributed by atoms with Gasteiger partial charge in [0, 0.05) is 37.3 Å². The summed E-state index contributed by atoms with van der Waals surface area (Å²) in [5.41, 5.74) is 1.30. The highest BCUT2D eigenvalue weighted by Crippen LogP contribution is 2.22. The van der Waals surface area contributed by atoms with Crippen molar-refractivity contribution in [3.05, 3.63) is 65.2 Å². The van der Waals surface area contributed by atoms with Gasteiger partial charge in [-0.05, 0) is 56.9 Å². The highest BCUT2D eigenvalue weighted by molar-refractivity contribution is 7.92. The predicted molar refractivity (Wildman–Crippen MR) is 186 cm³/mol. The number of likely N-dealkylation sites (N-methyl/N-ethyl adjacent to an activating group) is 1. The van der Waals surface area contributed by atoms with Crippen LogP contribution in [0.5, 0.6) is 0 Å². The fraction of sp³-hybridized carbons (Fsp3) is 0.529. The Morgan fingerprint density at radius 3 is 1.96 bits per heavy atom. The van der Waals surface area contributed by atoms with E-state index in [0.717, 1.165) is 29.0 Å². The average molecular weight is 673 g/mol. The van der Waals surface area contributed by atoms with Gasteiger partial charge in [0.15, 0.2) is 0 Å². The van der Waals surface area contributed by atoms with Crippen molar-refractivity contribution in [1.82, 2.24) is 26.6 Å². The standard InChI is InChI=1S/C34H52N6O6S/c1-9-11-17-28(21-36-24(6)31(41)39-30(22(3)4)34(44)35-10-2)38-33(43)27-18-26(19-29(20-27)40(7)47(8,45)46)32(42)37-23(5)25-15-13-12-14-16-25/h12-16,18-20,22-24,28,30,36H,9-11,17,21H2,1-8H3,(H,35,44)(H,37,42)(H,38,43)(H,39,41)/t23-,24+,28+,30+/m1/s1. The number of carbonyl (C=O) groups excluding carboxylic acids is 4. The molecule has 0 spiro atoms. The number of unbranched alkanes of at least 4 members (excludes halogenated alkanes) is 1. The summed E-state index contributed by atoms with van der Waals surface area (Å²) in [4.78, 5) is 52.4. The number of benzene rings is 2. The summed E-state index contributed by atoms with van der Waals surface area (Å²) in [7, 11) is -2.34. The molecule has 0 bridgehead atoms. The minimum Gasteiger partial charge on any atom is -0.355 e. The Morgan fingerprint density at radius 2 is 1.43 bits per heavy atom. The Balaban J connectivity index is 2.27. The van der Waals surface area contributed by atoms with Gasteiger partial charge in [-0.2, -0.15) is 0 Å². The van der Waals surface area contributed by atoms with Gasteiger partial charge in [0.25, 0.3) is 11.8 Å². The first-order valence-electron chi connectivity index (χ1n) is 16.2. The highest BCUT2D eigenvalue weighted by Gasteiger charge is 2.27. The minimum absolute atomic E-state index is 0.111. The molecule has 4 amide bonds. The zero-order chi connectivity index (χ0) is 35.3. The monoisotopic (exact) mass is 672 g/mol. The molecule has 0 aliphatic rings. The number of hydrogen-bond donors (Lipinski definition) is 5. The van der Waals surface area contributed by atoms with E-state index in [1.807, 2.05) is 65.0 Å². The molecule has 47 heavy (non-hydrogen) atoms. The van der Waals surface area contributed by atoms with Crippen molar-refractivity contribution in [2.24, 2.45) is 5.92 Å². The molecule has 0 aromatic heterocycles. The van der Waals surface area contributed by atoms with Crippen LogP contribution >= 0.6 is 0 Å². The molecular weight excluding hydrogens is 620 g/mol. The summed E-state index contributed by atoms with van der Waals surface area (Å²) in [5, 5.41) is 14.6. The lowest BCUT2D eigenvalue weighted by molar-refractivity contribution is -0.130. The predicted octanol–water partition coefficient (Wildman–Crippen LogP) is 3.12. The molecule has 0 unspecified atom stereocenters. The summed E-state index contributed by atoms with van der Waals surface area (Å²) in [6.07, 6.45) is 3.34. The molecule has 0 saturated heterocycles. The van der Waals surface area contributed by atoms with Gasteiger partial charge in [-0.3, -0.25) is 23.5 Å². The van der Waals surface area contributed by atoms with Gasteiger partial charge in [-0.25, -0.2) is 8.42 Å². The number of nitrogens with one attached hydrogen (secondary N) is 5. The van der Waals surface area contributed by atoms with Gasteiger partial charge >= 0.3 is 0 Å². The Bertz CT molecular complexity index is 1470. The van der Waals surface area contributed by atoms with E-state index in [2.05, 4.69) is 26.6 Å². The first-order valence-corrected chi connectivity index (χ1v) is 18.0. The van der Waals surface area contributed by atoms with Crippen LogP contribution in [0.3, 0.4) is 0 Å². The fourth-order valence-electron chi connectivity index (χ4n) is 4.81. The van der Waals surface area contributed by atoms with Crippen molar-refractivity contribution in [1.29, 1.82) is 0 Å². The zero-order valence-corrected chi connectivity index (χ0v) is 29.7. The van der Waals surface area contributed by atoms with E-state index in [0.29, 0.717) is 13.0 Å². The van der Waals surface area contributed by atoms with Gasteiger partial charge in [0.2, 0.25) is 21.8 Å². The number of nitrogens with zero attached hydrogens (tertiary/aromatic N) is 1. The maximum absolute atomic E-state index is 13.6. The molecule has 13 heteroatoms. The van der Waals surface area contributed by atoms with Crippen LogP contribution in [0.2, 0.25) is 0 Å². The second-order valence-electron chi connectivity index (χ2n) is 12.2. The molecule has 0 heterocycles. The lowest BCUT2D eigenvalue weighted by Gasteiger charge is -2.25. The number of amides is 4. The van der Waals surface area contributed by atoms with Crippen LogP contribution in [0.15, 0.2) is 48.5 Å². The molecule has 2 aromatic carbocycles. The second kappa shape index (κ2) is 18.4. The molecule has 260 valence electrons. The van der Waals surface area contributed by atoms with Crippen LogP contribution in [0.4, 0.5) is 5.69 Å². The van der Waals surface area contributed by atoms with E-state index in [-0.39, 0.29) is 53.2 Å². The fourth-order valence-corrected chi connectivity index (χ4v) is 5.29. The molecule has 5 N–H and O–H groups in total. The Hall–Kier alpha value is -3.97. The molecule has 12 nitrogen and oxygen atoms in total. The van der Waals surface area contributed by atoms with E-state index >= 15 is 0 Å². The van der Waals surface area contributed by atoms with E-state index < -0.39 is 33.9 Å². The SMILES string of the molecule is CCCC[C@@H](CN[C@@H](C)C(=O)N[C@H](C(=O)NCC)C(C)C)NC(=O)c1cc(C(=O)N[C@H](C)c2ccccc2)cc(N(C)S(C)(=O)=O)c1. The van der Waals surface area contributed by atoms with Gasteiger partial charge in [0.1, 0.15) is 6.04 Å². The van der Waals surface area contributed by atoms with Crippen LogP contribution < -0.4 is 30.9 Å². The van der Waals surface area contributed by atoms with Crippen LogP contribution in [0.1, 0.15) is 93.1 Å². The first-order chi connectivity index (χ1) is 22.1. The van der Waals surface area contributed by atoms with Gasteiger partial charge in [-0.1, -0.05) is 63.9 Å². The molecule has 2 aromatic rings. The molecule has 2 rings (SSSR count). The summed E-state index contributed by atoms with van der Waals surface area (Å²) in [6, 6.07) is 11.7. The van der Waals surface area contributed by atoms with Crippen LogP contribution in [0.25, 0.3) is 0 Å². The van der Waals surface area contributed by atoms with Crippen molar-refractivity contribution < 1.29 is 27.6 Å². The minimum atomic E-state index is -3.69. The number of carbonyl (C=O) groups is 4. The average Bonchev–Trinajstić information content (AvgIpc) is 3.03. The Labute approximate surface area is 279 Å². The summed E-state index contributed by atoms with van der Waals surface area (Å²) >= 11 is 0. The van der Waals surface area contributed by atoms with E-state index in [1.165, 1.54) is 25.2 Å². The number of sulfonamides is 1. The maximum Gasteiger partial charge on any atom is 0.251 e. The molecule has 0 radical (unpaired) electrons. The Kier molecular flexibility index (Phi) is 15.3. The second-order valence-corrected chi connectivity index (χ2v) is 14.2.